The van der Waals surface area contributed by atoms with Gasteiger partial charge in [-0.3, -0.25) is 19.6 Å². The van der Waals surface area contributed by atoms with Gasteiger partial charge in [0.15, 0.2) is 0 Å². The standard InChI is InChI=1S/C19H30N4O/c1-21(15-17-6-4-9-20-14-17)16-19(24)23-11-5-10-22(12-13-23)18-7-2-3-8-18/h4,6,9,14,18H,2-3,5,7-8,10-13,15-16H2,1H3. The Balaban J connectivity index is 1.46. The van der Waals surface area contributed by atoms with Gasteiger partial charge in [-0.1, -0.05) is 18.9 Å². The summed E-state index contributed by atoms with van der Waals surface area (Å²) in [6.45, 7) is 5.24. The number of hydrogen-bond donors (Lipinski definition) is 0. The number of carbonyl (C=O) groups excluding carboxylic acids is 1. The van der Waals surface area contributed by atoms with Gasteiger partial charge in [-0.25, -0.2) is 0 Å². The van der Waals surface area contributed by atoms with E-state index in [1.54, 1.807) is 6.20 Å². The number of aromatic nitrogens is 1. The van der Waals surface area contributed by atoms with Crippen LogP contribution in [0.15, 0.2) is 24.5 Å². The smallest absolute Gasteiger partial charge is 0.236 e. The second-order valence-electron chi connectivity index (χ2n) is 7.24. The van der Waals surface area contributed by atoms with Crippen molar-refractivity contribution in [2.24, 2.45) is 0 Å². The number of carbonyl (C=O) groups is 1. The molecule has 0 unspecified atom stereocenters. The lowest BCUT2D eigenvalue weighted by Crippen LogP contribution is -2.42. The fourth-order valence-electron chi connectivity index (χ4n) is 4.01. The van der Waals surface area contributed by atoms with E-state index in [0.29, 0.717) is 6.54 Å². The van der Waals surface area contributed by atoms with E-state index < -0.39 is 0 Å². The number of rotatable bonds is 5. The molecule has 5 nitrogen and oxygen atoms in total. The molecule has 1 saturated carbocycles. The SMILES string of the molecule is CN(CC(=O)N1CCCN(C2CCCC2)CC1)Cc1cccnc1. The average Bonchev–Trinajstić information content (AvgIpc) is 3.00. The van der Waals surface area contributed by atoms with Crippen LogP contribution in [0.1, 0.15) is 37.7 Å². The van der Waals surface area contributed by atoms with Crippen LogP contribution in [0.25, 0.3) is 0 Å². The third-order valence-electron chi connectivity index (χ3n) is 5.30. The average molecular weight is 330 g/mol. The van der Waals surface area contributed by atoms with E-state index in [2.05, 4.69) is 25.8 Å². The highest BCUT2D eigenvalue weighted by atomic mass is 16.2. The van der Waals surface area contributed by atoms with Gasteiger partial charge in [0.1, 0.15) is 0 Å². The molecule has 0 bridgehead atoms. The van der Waals surface area contributed by atoms with E-state index in [0.717, 1.165) is 50.7 Å². The molecule has 0 atom stereocenters. The molecular formula is C19H30N4O. The molecule has 1 amide bonds. The van der Waals surface area contributed by atoms with Crippen molar-refractivity contribution in [1.29, 1.82) is 0 Å². The van der Waals surface area contributed by atoms with Gasteiger partial charge in [-0.05, 0) is 37.9 Å². The van der Waals surface area contributed by atoms with Gasteiger partial charge in [0.25, 0.3) is 0 Å². The van der Waals surface area contributed by atoms with Crippen LogP contribution in [-0.4, -0.2) is 71.4 Å². The van der Waals surface area contributed by atoms with Gasteiger partial charge in [-0.2, -0.15) is 0 Å². The van der Waals surface area contributed by atoms with Crippen LogP contribution in [0.3, 0.4) is 0 Å². The van der Waals surface area contributed by atoms with Crippen molar-refractivity contribution in [2.45, 2.75) is 44.7 Å². The highest BCUT2D eigenvalue weighted by molar-refractivity contribution is 5.78. The second-order valence-corrected chi connectivity index (χ2v) is 7.24. The summed E-state index contributed by atoms with van der Waals surface area (Å²) in [7, 11) is 2.01. The van der Waals surface area contributed by atoms with Gasteiger partial charge >= 0.3 is 0 Å². The molecule has 3 rings (SSSR count). The Hall–Kier alpha value is -1.46. The maximum absolute atomic E-state index is 12.6. The van der Waals surface area contributed by atoms with Crippen LogP contribution in [-0.2, 0) is 11.3 Å². The summed E-state index contributed by atoms with van der Waals surface area (Å²) in [5.41, 5.74) is 1.15. The molecule has 1 aromatic heterocycles. The van der Waals surface area contributed by atoms with Crippen molar-refractivity contribution in [2.75, 3.05) is 39.8 Å². The molecule has 1 saturated heterocycles. The summed E-state index contributed by atoms with van der Waals surface area (Å²) in [5, 5.41) is 0. The fourth-order valence-corrected chi connectivity index (χ4v) is 4.01. The lowest BCUT2D eigenvalue weighted by atomic mass is 10.2. The zero-order valence-electron chi connectivity index (χ0n) is 14.9. The number of amides is 1. The zero-order valence-corrected chi connectivity index (χ0v) is 14.9. The van der Waals surface area contributed by atoms with Crippen molar-refractivity contribution in [1.82, 2.24) is 19.7 Å². The number of pyridine rings is 1. The predicted molar refractivity (Wildman–Crippen MR) is 95.6 cm³/mol. The Bertz CT molecular complexity index is 515. The lowest BCUT2D eigenvalue weighted by molar-refractivity contribution is -0.132. The van der Waals surface area contributed by atoms with Crippen molar-refractivity contribution in [3.05, 3.63) is 30.1 Å². The van der Waals surface area contributed by atoms with Crippen LogP contribution in [0.2, 0.25) is 0 Å². The monoisotopic (exact) mass is 330 g/mol. The highest BCUT2D eigenvalue weighted by Gasteiger charge is 2.26. The van der Waals surface area contributed by atoms with Crippen LogP contribution in [0.5, 0.6) is 0 Å². The minimum Gasteiger partial charge on any atom is -0.340 e. The zero-order chi connectivity index (χ0) is 16.8. The van der Waals surface area contributed by atoms with Crippen molar-refractivity contribution >= 4 is 5.91 Å². The number of nitrogens with zero attached hydrogens (tertiary/aromatic N) is 4. The maximum Gasteiger partial charge on any atom is 0.236 e. The Morgan fingerprint density at radius 2 is 2.04 bits per heavy atom. The molecule has 0 aromatic carbocycles. The third kappa shape index (κ3) is 4.77. The Kier molecular flexibility index (Phi) is 6.21. The molecule has 132 valence electrons. The molecule has 1 aliphatic carbocycles. The molecule has 5 heteroatoms. The molecule has 0 radical (unpaired) electrons. The molecule has 0 spiro atoms. The maximum atomic E-state index is 12.6. The van der Waals surface area contributed by atoms with Gasteiger partial charge in [-0.15, -0.1) is 0 Å². The topological polar surface area (TPSA) is 39.7 Å². The first kappa shape index (κ1) is 17.4. The minimum atomic E-state index is 0.259. The third-order valence-corrected chi connectivity index (χ3v) is 5.30. The Morgan fingerprint density at radius 3 is 2.79 bits per heavy atom. The quantitative estimate of drug-likeness (QED) is 0.828. The second kappa shape index (κ2) is 8.58. The van der Waals surface area contributed by atoms with Gasteiger partial charge in [0, 0.05) is 51.2 Å². The summed E-state index contributed by atoms with van der Waals surface area (Å²) in [4.78, 5) is 23.5. The first-order valence-corrected chi connectivity index (χ1v) is 9.31. The van der Waals surface area contributed by atoms with Gasteiger partial charge in [0.05, 0.1) is 6.54 Å². The van der Waals surface area contributed by atoms with E-state index in [1.165, 1.54) is 25.7 Å². The summed E-state index contributed by atoms with van der Waals surface area (Å²) in [6, 6.07) is 4.77. The predicted octanol–water partition coefficient (Wildman–Crippen LogP) is 1.99. The van der Waals surface area contributed by atoms with E-state index in [-0.39, 0.29) is 5.91 Å². The largest absolute Gasteiger partial charge is 0.340 e. The number of hydrogen-bond acceptors (Lipinski definition) is 4. The molecule has 24 heavy (non-hydrogen) atoms. The van der Waals surface area contributed by atoms with Crippen LogP contribution < -0.4 is 0 Å². The summed E-state index contributed by atoms with van der Waals surface area (Å²) in [5.74, 6) is 0.259. The molecule has 2 aliphatic rings. The Labute approximate surface area is 145 Å². The van der Waals surface area contributed by atoms with E-state index in [1.807, 2.05) is 19.3 Å². The molecular weight excluding hydrogens is 300 g/mol. The van der Waals surface area contributed by atoms with Gasteiger partial charge < -0.3 is 4.90 Å². The first-order chi connectivity index (χ1) is 11.7. The summed E-state index contributed by atoms with van der Waals surface area (Å²) < 4.78 is 0. The summed E-state index contributed by atoms with van der Waals surface area (Å²) in [6.07, 6.45) is 10.2. The van der Waals surface area contributed by atoms with E-state index in [4.69, 9.17) is 0 Å². The van der Waals surface area contributed by atoms with Crippen LogP contribution in [0, 0.1) is 0 Å². The van der Waals surface area contributed by atoms with Crippen LogP contribution in [0.4, 0.5) is 0 Å². The van der Waals surface area contributed by atoms with Crippen LogP contribution >= 0.6 is 0 Å². The Morgan fingerprint density at radius 1 is 1.21 bits per heavy atom. The van der Waals surface area contributed by atoms with Gasteiger partial charge in [0.2, 0.25) is 5.91 Å². The lowest BCUT2D eigenvalue weighted by Gasteiger charge is -2.27. The number of likely N-dealkylation sites (N-methyl/N-ethyl adjacent to an activating group) is 1. The fraction of sp³-hybridized carbons (Fsp3) is 0.684. The molecule has 0 N–H and O–H groups in total. The first-order valence-electron chi connectivity index (χ1n) is 9.31. The molecule has 2 heterocycles. The van der Waals surface area contributed by atoms with E-state index in [9.17, 15) is 4.79 Å². The normalized spacial score (nSPS) is 20.5. The highest BCUT2D eigenvalue weighted by Crippen LogP contribution is 2.24. The molecule has 2 fully saturated rings. The van der Waals surface area contributed by atoms with Crippen molar-refractivity contribution in [3.8, 4) is 0 Å². The molecule has 1 aliphatic heterocycles. The van der Waals surface area contributed by atoms with E-state index >= 15 is 0 Å². The van der Waals surface area contributed by atoms with Crippen molar-refractivity contribution < 1.29 is 4.79 Å². The minimum absolute atomic E-state index is 0.259. The van der Waals surface area contributed by atoms with Crippen molar-refractivity contribution in [3.63, 3.8) is 0 Å². The summed E-state index contributed by atoms with van der Waals surface area (Å²) >= 11 is 0. The molecule has 1 aromatic rings.